The fourth-order valence-corrected chi connectivity index (χ4v) is 1.81. The summed E-state index contributed by atoms with van der Waals surface area (Å²) in [4.78, 5) is 24.9. The zero-order chi connectivity index (χ0) is 12.4. The second-order valence-corrected chi connectivity index (χ2v) is 3.86. The second kappa shape index (κ2) is 4.53. The average molecular weight is 231 g/mol. The van der Waals surface area contributed by atoms with Gasteiger partial charge in [-0.05, 0) is 17.7 Å². The molecule has 1 aromatic rings. The summed E-state index contributed by atoms with van der Waals surface area (Å²) in [6, 6.07) is 6.64. The molecule has 0 saturated carbocycles. The van der Waals surface area contributed by atoms with Crippen molar-refractivity contribution in [2.45, 2.75) is 6.32 Å². The molecule has 17 heavy (non-hydrogen) atoms. The summed E-state index contributed by atoms with van der Waals surface area (Å²) in [5.74, 6) is -0.697. The predicted octanol–water partition coefficient (Wildman–Crippen LogP) is 1.19. The summed E-state index contributed by atoms with van der Waals surface area (Å²) in [5, 5.41) is 0. The van der Waals surface area contributed by atoms with Gasteiger partial charge in [-0.1, -0.05) is 18.5 Å². The number of imide groups is 1. The lowest BCUT2D eigenvalue weighted by molar-refractivity contribution is 0.0668. The number of carbonyl (C=O) groups excluding carboxylic acids is 2. The normalized spacial score (nSPS) is 15.4. The van der Waals surface area contributed by atoms with Gasteiger partial charge in [0.05, 0.1) is 24.0 Å². The molecule has 0 aromatic heterocycles. The van der Waals surface area contributed by atoms with Crippen molar-refractivity contribution in [3.8, 4) is 0 Å². The van der Waals surface area contributed by atoms with Crippen molar-refractivity contribution >= 4 is 19.7 Å². The molecule has 5 heteroatoms. The van der Waals surface area contributed by atoms with Gasteiger partial charge in [0.25, 0.3) is 11.8 Å². The number of benzene rings is 1. The van der Waals surface area contributed by atoms with Crippen molar-refractivity contribution in [2.75, 3.05) is 6.54 Å². The molecule has 0 aliphatic carbocycles. The smallest absolute Gasteiger partial charge is 0.261 e. The molecule has 1 aliphatic heterocycles. The largest absolute Gasteiger partial charge is 0.270 e. The number of amides is 2. The van der Waals surface area contributed by atoms with Gasteiger partial charge in [-0.2, -0.15) is 0 Å². The number of hydrogen-bond donors (Lipinski definition) is 0. The summed E-state index contributed by atoms with van der Waals surface area (Å²) >= 11 is 0. The maximum absolute atomic E-state index is 12.5. The lowest BCUT2D eigenvalue weighted by Gasteiger charge is -2.14. The van der Waals surface area contributed by atoms with E-state index in [2.05, 4.69) is 0 Å². The third-order valence-electron chi connectivity index (χ3n) is 2.85. The van der Waals surface area contributed by atoms with Crippen molar-refractivity contribution in [3.63, 3.8) is 0 Å². The maximum atomic E-state index is 12.5. The Hall–Kier alpha value is -1.91. The first kappa shape index (κ1) is 11.6. The van der Waals surface area contributed by atoms with E-state index < -0.39 is 0 Å². The highest BCUT2D eigenvalue weighted by atomic mass is 19.1. The van der Waals surface area contributed by atoms with Gasteiger partial charge in [0.1, 0.15) is 7.85 Å². The molecule has 0 atom stereocenters. The second-order valence-electron chi connectivity index (χ2n) is 3.86. The van der Waals surface area contributed by atoms with Crippen LogP contribution in [0.25, 0.3) is 0 Å². The van der Waals surface area contributed by atoms with E-state index in [1.54, 1.807) is 32.1 Å². The fraction of sp³-hybridized carbons (Fsp3) is 0.167. The minimum absolute atomic E-state index is 0.0271. The van der Waals surface area contributed by atoms with Gasteiger partial charge in [0.15, 0.2) is 0 Å². The van der Waals surface area contributed by atoms with Crippen molar-refractivity contribution < 1.29 is 14.0 Å². The first-order chi connectivity index (χ1) is 8.19. The van der Waals surface area contributed by atoms with Crippen LogP contribution in [0, 0.1) is 0 Å². The molecule has 3 nitrogen and oxygen atoms in total. The summed E-state index contributed by atoms with van der Waals surface area (Å²) in [6.45, 7) is 0.0271. The molecule has 0 fully saturated rings. The third kappa shape index (κ3) is 1.88. The number of nitrogens with zero attached hydrogens (tertiary/aromatic N) is 1. The lowest BCUT2D eigenvalue weighted by atomic mass is 9.97. The van der Waals surface area contributed by atoms with Gasteiger partial charge in [-0.3, -0.25) is 14.5 Å². The van der Waals surface area contributed by atoms with Crippen molar-refractivity contribution in [3.05, 3.63) is 47.3 Å². The van der Waals surface area contributed by atoms with Crippen LogP contribution in [-0.2, 0) is 0 Å². The van der Waals surface area contributed by atoms with E-state index in [1.807, 2.05) is 0 Å². The first-order valence-corrected chi connectivity index (χ1v) is 5.42. The number of rotatable bonds is 3. The van der Waals surface area contributed by atoms with Crippen molar-refractivity contribution in [1.82, 2.24) is 4.90 Å². The highest BCUT2D eigenvalue weighted by Gasteiger charge is 2.35. The Balaban J connectivity index is 2.30. The zero-order valence-electron chi connectivity index (χ0n) is 9.44. The van der Waals surface area contributed by atoms with E-state index in [-0.39, 0.29) is 18.4 Å². The average Bonchev–Trinajstić information content (AvgIpc) is 2.61. The molecule has 2 rings (SSSR count). The molecule has 1 heterocycles. The Morgan fingerprint density at radius 2 is 1.76 bits per heavy atom. The molecule has 0 bridgehead atoms. The summed E-state index contributed by atoms with van der Waals surface area (Å²) < 4.78 is 12.5. The van der Waals surface area contributed by atoms with Crippen molar-refractivity contribution in [2.24, 2.45) is 0 Å². The van der Waals surface area contributed by atoms with Crippen molar-refractivity contribution in [1.29, 1.82) is 0 Å². The van der Waals surface area contributed by atoms with E-state index in [0.717, 1.165) is 4.90 Å². The monoisotopic (exact) mass is 231 g/mol. The standard InChI is InChI=1S/C12H11BFNO2/c13-5-8(6-14)7-15-11(16)9-3-1-2-4-10(9)12(15)17/h1-4,6H,5,7,13H2/b8-6-. The van der Waals surface area contributed by atoms with Gasteiger partial charge in [-0.25, -0.2) is 4.39 Å². The van der Waals surface area contributed by atoms with Crippen LogP contribution in [-0.4, -0.2) is 31.1 Å². The highest BCUT2D eigenvalue weighted by Crippen LogP contribution is 2.23. The predicted molar refractivity (Wildman–Crippen MR) is 64.4 cm³/mol. The molecule has 1 aromatic carbocycles. The van der Waals surface area contributed by atoms with E-state index in [4.69, 9.17) is 0 Å². The molecule has 0 saturated heterocycles. The Bertz CT molecular complexity index is 478. The molecular weight excluding hydrogens is 220 g/mol. The van der Waals surface area contributed by atoms with Crippen LogP contribution in [0.5, 0.6) is 0 Å². The number of carbonyl (C=O) groups is 2. The van der Waals surface area contributed by atoms with Gasteiger partial charge >= 0.3 is 0 Å². The van der Waals surface area contributed by atoms with Gasteiger partial charge in [-0.15, -0.1) is 0 Å². The van der Waals surface area contributed by atoms with Crippen LogP contribution in [0.15, 0.2) is 36.2 Å². The van der Waals surface area contributed by atoms with E-state index in [1.165, 1.54) is 0 Å². The fourth-order valence-electron chi connectivity index (χ4n) is 1.81. The van der Waals surface area contributed by atoms with Crippen LogP contribution in [0.4, 0.5) is 4.39 Å². The van der Waals surface area contributed by atoms with Crippen LogP contribution < -0.4 is 0 Å². The van der Waals surface area contributed by atoms with Crippen LogP contribution in [0.1, 0.15) is 20.7 Å². The summed E-state index contributed by atoms with van der Waals surface area (Å²) in [6.07, 6.45) is 0.938. The van der Waals surface area contributed by atoms with Gasteiger partial charge < -0.3 is 0 Å². The van der Waals surface area contributed by atoms with Crippen LogP contribution in [0.3, 0.4) is 0 Å². The molecule has 0 spiro atoms. The highest BCUT2D eigenvalue weighted by molar-refractivity contribution is 6.21. The topological polar surface area (TPSA) is 37.4 Å². The Kier molecular flexibility index (Phi) is 3.09. The Morgan fingerprint density at radius 1 is 1.24 bits per heavy atom. The van der Waals surface area contributed by atoms with Crippen LogP contribution in [0.2, 0.25) is 6.32 Å². The molecule has 2 amide bonds. The SMILES string of the molecule is BC/C(=C/F)CN1C(=O)c2ccccc2C1=O. The molecule has 0 radical (unpaired) electrons. The first-order valence-electron chi connectivity index (χ1n) is 5.42. The third-order valence-corrected chi connectivity index (χ3v) is 2.85. The molecule has 1 aliphatic rings. The molecule has 86 valence electrons. The van der Waals surface area contributed by atoms with Crippen LogP contribution >= 0.6 is 0 Å². The van der Waals surface area contributed by atoms with E-state index in [0.29, 0.717) is 29.3 Å². The molecular formula is C12H11BFNO2. The maximum Gasteiger partial charge on any atom is 0.261 e. The molecule has 0 unspecified atom stereocenters. The van der Waals surface area contributed by atoms with E-state index in [9.17, 15) is 14.0 Å². The number of hydrogen-bond acceptors (Lipinski definition) is 2. The molecule has 0 N–H and O–H groups in total. The van der Waals surface area contributed by atoms with Gasteiger partial charge in [0.2, 0.25) is 0 Å². The quantitative estimate of drug-likeness (QED) is 0.578. The summed E-state index contributed by atoms with van der Waals surface area (Å²) in [7, 11) is 1.78. The minimum atomic E-state index is -0.349. The Labute approximate surface area is 99.3 Å². The minimum Gasteiger partial charge on any atom is -0.270 e. The zero-order valence-corrected chi connectivity index (χ0v) is 9.44. The summed E-state index contributed by atoms with van der Waals surface area (Å²) in [5.41, 5.74) is 1.22. The van der Waals surface area contributed by atoms with E-state index >= 15 is 0 Å². The lowest BCUT2D eigenvalue weighted by Crippen LogP contribution is -2.31. The Morgan fingerprint density at radius 3 is 2.18 bits per heavy atom. The number of halogens is 1. The number of fused-ring (bicyclic) bond motifs is 1. The van der Waals surface area contributed by atoms with Gasteiger partial charge in [0, 0.05) is 0 Å².